The molecule has 2 aliphatic rings. The normalized spacial score (nSPS) is 33.6. The van der Waals surface area contributed by atoms with Crippen molar-refractivity contribution in [2.24, 2.45) is 5.92 Å². The van der Waals surface area contributed by atoms with E-state index in [4.69, 9.17) is 0 Å². The van der Waals surface area contributed by atoms with Crippen molar-refractivity contribution in [3.8, 4) is 0 Å². The van der Waals surface area contributed by atoms with E-state index in [1.807, 2.05) is 0 Å². The van der Waals surface area contributed by atoms with Gasteiger partial charge in [0.05, 0.1) is 0 Å². The van der Waals surface area contributed by atoms with E-state index in [1.54, 1.807) is 11.1 Å². The smallest absolute Gasteiger partial charge is 0.0121 e. The molecule has 2 atom stereocenters. The van der Waals surface area contributed by atoms with Crippen molar-refractivity contribution < 1.29 is 0 Å². The van der Waals surface area contributed by atoms with Gasteiger partial charge in [0, 0.05) is 12.0 Å². The lowest BCUT2D eigenvalue weighted by Gasteiger charge is -2.29. The molecule has 1 aliphatic carbocycles. The Morgan fingerprint density at radius 3 is 3.00 bits per heavy atom. The zero-order valence-electron chi connectivity index (χ0n) is 9.64. The monoisotopic (exact) mass is 201 g/mol. The van der Waals surface area contributed by atoms with Crippen molar-refractivity contribution in [1.82, 2.24) is 5.32 Å². The number of nitrogens with one attached hydrogen (secondary N) is 1. The quantitative estimate of drug-likeness (QED) is 0.679. The van der Waals surface area contributed by atoms with E-state index in [9.17, 15) is 0 Å². The lowest BCUT2D eigenvalue weighted by Crippen LogP contribution is -2.32. The van der Waals surface area contributed by atoms with Gasteiger partial charge < -0.3 is 5.32 Å². The SMILES string of the molecule is Cc1ccc2c(c1)C1(CCNC1)C(C)C2. The van der Waals surface area contributed by atoms with Crippen LogP contribution in [-0.4, -0.2) is 13.1 Å². The van der Waals surface area contributed by atoms with Gasteiger partial charge >= 0.3 is 0 Å². The van der Waals surface area contributed by atoms with Crippen LogP contribution in [0, 0.1) is 12.8 Å². The minimum Gasteiger partial charge on any atom is -0.316 e. The highest BCUT2D eigenvalue weighted by molar-refractivity contribution is 5.44. The summed E-state index contributed by atoms with van der Waals surface area (Å²) in [7, 11) is 0. The number of aryl methyl sites for hydroxylation is 1. The van der Waals surface area contributed by atoms with Gasteiger partial charge in [-0.3, -0.25) is 0 Å². The Morgan fingerprint density at radius 1 is 1.40 bits per heavy atom. The van der Waals surface area contributed by atoms with Crippen molar-refractivity contribution in [3.05, 3.63) is 34.9 Å². The fourth-order valence-corrected chi connectivity index (χ4v) is 3.48. The van der Waals surface area contributed by atoms with Crippen molar-refractivity contribution in [2.75, 3.05) is 13.1 Å². The Labute approximate surface area is 91.9 Å². The summed E-state index contributed by atoms with van der Waals surface area (Å²) in [4.78, 5) is 0. The molecule has 0 amide bonds. The third-order valence-corrected chi connectivity index (χ3v) is 4.46. The van der Waals surface area contributed by atoms with Crippen LogP contribution in [0.25, 0.3) is 0 Å². The zero-order valence-corrected chi connectivity index (χ0v) is 9.64. The summed E-state index contributed by atoms with van der Waals surface area (Å²) in [6.07, 6.45) is 2.60. The topological polar surface area (TPSA) is 12.0 Å². The predicted molar refractivity (Wildman–Crippen MR) is 63.2 cm³/mol. The van der Waals surface area contributed by atoms with E-state index in [1.165, 1.54) is 31.5 Å². The Hall–Kier alpha value is -0.820. The molecule has 1 aliphatic heterocycles. The number of fused-ring (bicyclic) bond motifs is 2. The number of hydrogen-bond donors (Lipinski definition) is 1. The fraction of sp³-hybridized carbons (Fsp3) is 0.571. The van der Waals surface area contributed by atoms with Crippen LogP contribution in [-0.2, 0) is 11.8 Å². The zero-order chi connectivity index (χ0) is 10.5. The predicted octanol–water partition coefficient (Wildman–Crippen LogP) is 2.42. The minimum atomic E-state index is 0.460. The summed E-state index contributed by atoms with van der Waals surface area (Å²) in [5.74, 6) is 0.810. The Bertz CT molecular complexity index is 388. The van der Waals surface area contributed by atoms with Gasteiger partial charge in [-0.25, -0.2) is 0 Å². The number of hydrogen-bond acceptors (Lipinski definition) is 1. The van der Waals surface area contributed by atoms with E-state index in [2.05, 4.69) is 37.4 Å². The molecule has 0 bridgehead atoms. The van der Waals surface area contributed by atoms with Crippen LogP contribution >= 0.6 is 0 Å². The summed E-state index contributed by atoms with van der Waals surface area (Å²) in [6.45, 7) is 7.00. The van der Waals surface area contributed by atoms with Crippen LogP contribution in [0.4, 0.5) is 0 Å². The molecule has 1 fully saturated rings. The second-order valence-corrected chi connectivity index (χ2v) is 5.35. The highest BCUT2D eigenvalue weighted by atomic mass is 14.9. The first-order chi connectivity index (χ1) is 7.22. The van der Waals surface area contributed by atoms with Crippen molar-refractivity contribution >= 4 is 0 Å². The standard InChI is InChI=1S/C14H19N/c1-10-3-4-12-8-11(2)14(13(12)7-10)5-6-15-9-14/h3-4,7,11,15H,5-6,8-9H2,1-2H3. The Kier molecular flexibility index (Phi) is 1.93. The van der Waals surface area contributed by atoms with Crippen LogP contribution in [0.2, 0.25) is 0 Å². The molecule has 0 radical (unpaired) electrons. The highest BCUT2D eigenvalue weighted by Gasteiger charge is 2.45. The van der Waals surface area contributed by atoms with Gasteiger partial charge in [0.15, 0.2) is 0 Å². The largest absolute Gasteiger partial charge is 0.316 e. The van der Waals surface area contributed by atoms with E-state index >= 15 is 0 Å². The Balaban J connectivity index is 2.15. The second-order valence-electron chi connectivity index (χ2n) is 5.35. The van der Waals surface area contributed by atoms with E-state index < -0.39 is 0 Å². The molecule has 1 aromatic rings. The first-order valence-corrected chi connectivity index (χ1v) is 6.03. The molecule has 3 rings (SSSR count). The van der Waals surface area contributed by atoms with E-state index in [0.717, 1.165) is 5.92 Å². The van der Waals surface area contributed by atoms with Crippen LogP contribution in [0.1, 0.15) is 30.0 Å². The third kappa shape index (κ3) is 1.19. The van der Waals surface area contributed by atoms with Crippen LogP contribution in [0.3, 0.4) is 0 Å². The fourth-order valence-electron chi connectivity index (χ4n) is 3.48. The average molecular weight is 201 g/mol. The summed E-state index contributed by atoms with van der Waals surface area (Å²) < 4.78 is 0. The van der Waals surface area contributed by atoms with Crippen LogP contribution < -0.4 is 5.32 Å². The van der Waals surface area contributed by atoms with Crippen molar-refractivity contribution in [3.63, 3.8) is 0 Å². The van der Waals surface area contributed by atoms with E-state index in [0.29, 0.717) is 5.41 Å². The summed E-state index contributed by atoms with van der Waals surface area (Å²) in [5.41, 5.74) is 5.10. The van der Waals surface area contributed by atoms with Gasteiger partial charge in [-0.2, -0.15) is 0 Å². The first kappa shape index (κ1) is 9.41. The maximum atomic E-state index is 3.55. The lowest BCUT2D eigenvalue weighted by atomic mass is 9.75. The van der Waals surface area contributed by atoms with Gasteiger partial charge in [0.2, 0.25) is 0 Å². The number of rotatable bonds is 0. The van der Waals surface area contributed by atoms with Gasteiger partial charge in [-0.05, 0) is 43.4 Å². The highest BCUT2D eigenvalue weighted by Crippen LogP contribution is 2.47. The van der Waals surface area contributed by atoms with Crippen LogP contribution in [0.15, 0.2) is 18.2 Å². The molecule has 0 aromatic heterocycles. The van der Waals surface area contributed by atoms with Crippen LogP contribution in [0.5, 0.6) is 0 Å². The maximum Gasteiger partial charge on any atom is 0.0121 e. The molecule has 1 heterocycles. The van der Waals surface area contributed by atoms with Crippen molar-refractivity contribution in [1.29, 1.82) is 0 Å². The molecule has 1 saturated heterocycles. The summed E-state index contributed by atoms with van der Waals surface area (Å²) in [6, 6.07) is 7.02. The van der Waals surface area contributed by atoms with E-state index in [-0.39, 0.29) is 0 Å². The van der Waals surface area contributed by atoms with Gasteiger partial charge in [-0.15, -0.1) is 0 Å². The molecule has 1 heteroatoms. The van der Waals surface area contributed by atoms with Gasteiger partial charge in [-0.1, -0.05) is 30.7 Å². The molecular formula is C14H19N. The second kappa shape index (κ2) is 3.08. The minimum absolute atomic E-state index is 0.460. The molecule has 0 saturated carbocycles. The molecule has 80 valence electrons. The molecule has 2 unspecified atom stereocenters. The molecule has 1 nitrogen and oxygen atoms in total. The number of benzene rings is 1. The maximum absolute atomic E-state index is 3.55. The first-order valence-electron chi connectivity index (χ1n) is 6.03. The lowest BCUT2D eigenvalue weighted by molar-refractivity contribution is 0.344. The van der Waals surface area contributed by atoms with Crippen molar-refractivity contribution in [2.45, 2.75) is 32.1 Å². The molecule has 1 N–H and O–H groups in total. The molecule has 15 heavy (non-hydrogen) atoms. The average Bonchev–Trinajstić information content (AvgIpc) is 2.78. The van der Waals surface area contributed by atoms with Gasteiger partial charge in [0.25, 0.3) is 0 Å². The molecular weight excluding hydrogens is 182 g/mol. The van der Waals surface area contributed by atoms with Gasteiger partial charge in [0.1, 0.15) is 0 Å². The third-order valence-electron chi connectivity index (χ3n) is 4.46. The summed E-state index contributed by atoms with van der Waals surface area (Å²) >= 11 is 0. The summed E-state index contributed by atoms with van der Waals surface area (Å²) in [5, 5.41) is 3.55. The molecule has 1 spiro atoms. The Morgan fingerprint density at radius 2 is 2.27 bits per heavy atom. The molecule has 1 aromatic carbocycles.